The molecule has 1 aliphatic heterocycles. The zero-order valence-corrected chi connectivity index (χ0v) is 13.0. The maximum absolute atomic E-state index is 12.8. The number of likely N-dealkylation sites (tertiary alicyclic amines) is 1. The molecule has 6 nitrogen and oxygen atoms in total. The second-order valence-electron chi connectivity index (χ2n) is 5.43. The molecule has 6 heteroatoms. The molecular formula is C15H23N3O3. The van der Waals surface area contributed by atoms with Crippen molar-refractivity contribution in [2.45, 2.75) is 12.2 Å². The third-order valence-corrected chi connectivity index (χ3v) is 3.84. The van der Waals surface area contributed by atoms with Crippen molar-refractivity contribution in [3.63, 3.8) is 0 Å². The molecule has 2 unspecified atom stereocenters. The summed E-state index contributed by atoms with van der Waals surface area (Å²) >= 11 is 0. The summed E-state index contributed by atoms with van der Waals surface area (Å²) in [6.45, 7) is 1.05. The molecule has 0 aliphatic carbocycles. The van der Waals surface area contributed by atoms with Gasteiger partial charge >= 0.3 is 0 Å². The van der Waals surface area contributed by atoms with E-state index >= 15 is 0 Å². The molecule has 1 aliphatic rings. The molecule has 0 bridgehead atoms. The van der Waals surface area contributed by atoms with Crippen molar-refractivity contribution in [3.8, 4) is 0 Å². The van der Waals surface area contributed by atoms with E-state index in [2.05, 4.69) is 0 Å². The number of hydrogen-bond acceptors (Lipinski definition) is 5. The van der Waals surface area contributed by atoms with Gasteiger partial charge in [-0.2, -0.15) is 0 Å². The zero-order valence-electron chi connectivity index (χ0n) is 13.0. The van der Waals surface area contributed by atoms with Crippen LogP contribution in [0.15, 0.2) is 18.2 Å². The van der Waals surface area contributed by atoms with Gasteiger partial charge in [0.2, 0.25) is 0 Å². The first-order chi connectivity index (χ1) is 9.97. The molecular weight excluding hydrogens is 270 g/mol. The number of nitrogens with two attached hydrogens (primary N) is 1. The molecule has 116 valence electrons. The number of nitrogen functional groups attached to an aromatic ring is 1. The van der Waals surface area contributed by atoms with Crippen LogP contribution in [0, 0.1) is 0 Å². The number of carbonyl (C=O) groups excluding carboxylic acids is 1. The van der Waals surface area contributed by atoms with Gasteiger partial charge in [-0.05, 0) is 18.2 Å². The summed E-state index contributed by atoms with van der Waals surface area (Å²) in [5, 5.41) is 0. The van der Waals surface area contributed by atoms with Crippen LogP contribution in [0.25, 0.3) is 0 Å². The van der Waals surface area contributed by atoms with E-state index in [0.717, 1.165) is 5.69 Å². The molecule has 2 rings (SSSR count). The van der Waals surface area contributed by atoms with Crippen LogP contribution >= 0.6 is 0 Å². The highest BCUT2D eigenvalue weighted by molar-refractivity contribution is 6.00. The molecule has 1 amide bonds. The maximum atomic E-state index is 12.8. The monoisotopic (exact) mass is 293 g/mol. The minimum Gasteiger partial charge on any atom is -0.399 e. The Morgan fingerprint density at radius 2 is 1.81 bits per heavy atom. The van der Waals surface area contributed by atoms with Crippen LogP contribution in [-0.2, 0) is 9.47 Å². The summed E-state index contributed by atoms with van der Waals surface area (Å²) in [7, 11) is 7.08. The molecule has 0 radical (unpaired) electrons. The molecule has 1 heterocycles. The van der Waals surface area contributed by atoms with Gasteiger partial charge in [0.25, 0.3) is 5.91 Å². The number of anilines is 2. The van der Waals surface area contributed by atoms with Gasteiger partial charge in [-0.15, -0.1) is 0 Å². The Hall–Kier alpha value is -1.79. The van der Waals surface area contributed by atoms with Gasteiger partial charge in [0.1, 0.15) is 12.2 Å². The Morgan fingerprint density at radius 1 is 1.24 bits per heavy atom. The highest BCUT2D eigenvalue weighted by Crippen LogP contribution is 2.25. The number of hydrogen-bond donors (Lipinski definition) is 1. The van der Waals surface area contributed by atoms with Crippen molar-refractivity contribution >= 4 is 17.3 Å². The maximum Gasteiger partial charge on any atom is 0.256 e. The predicted octanol–water partition coefficient (Wildman–Crippen LogP) is 0.821. The lowest BCUT2D eigenvalue weighted by Crippen LogP contribution is -2.31. The molecule has 2 N–H and O–H groups in total. The highest BCUT2D eigenvalue weighted by atomic mass is 16.5. The van der Waals surface area contributed by atoms with Crippen LogP contribution < -0.4 is 10.6 Å². The summed E-state index contributed by atoms with van der Waals surface area (Å²) in [5.41, 5.74) is 7.87. The summed E-state index contributed by atoms with van der Waals surface area (Å²) < 4.78 is 10.8. The standard InChI is InChI=1S/C15H23N3O3/c1-17(2)12-6-5-10(16)7-11(12)15(19)18-8-13(20-3)14(9-18)21-4/h5-7,13-14H,8-9,16H2,1-4H3. The highest BCUT2D eigenvalue weighted by Gasteiger charge is 2.36. The van der Waals surface area contributed by atoms with Crippen LogP contribution in [0.1, 0.15) is 10.4 Å². The normalized spacial score (nSPS) is 21.6. The Kier molecular flexibility index (Phi) is 4.69. The van der Waals surface area contributed by atoms with Gasteiger partial charge in [0.15, 0.2) is 0 Å². The first-order valence-electron chi connectivity index (χ1n) is 6.89. The number of nitrogens with zero attached hydrogens (tertiary/aromatic N) is 2. The average Bonchev–Trinajstić information content (AvgIpc) is 2.89. The van der Waals surface area contributed by atoms with Gasteiger partial charge in [-0.3, -0.25) is 4.79 Å². The fraction of sp³-hybridized carbons (Fsp3) is 0.533. The molecule has 0 saturated carbocycles. The smallest absolute Gasteiger partial charge is 0.256 e. The Balaban J connectivity index is 2.27. The van der Waals surface area contributed by atoms with E-state index in [1.165, 1.54) is 0 Å². The minimum absolute atomic E-state index is 0.0485. The lowest BCUT2D eigenvalue weighted by atomic mass is 10.1. The molecule has 0 spiro atoms. The molecule has 1 aromatic rings. The van der Waals surface area contributed by atoms with E-state index in [4.69, 9.17) is 15.2 Å². The molecule has 1 aromatic carbocycles. The molecule has 1 fully saturated rings. The number of ether oxygens (including phenoxy) is 2. The van der Waals surface area contributed by atoms with Crippen LogP contribution in [0.2, 0.25) is 0 Å². The van der Waals surface area contributed by atoms with E-state index in [1.54, 1.807) is 31.3 Å². The van der Waals surface area contributed by atoms with Crippen molar-refractivity contribution in [1.29, 1.82) is 0 Å². The lowest BCUT2D eigenvalue weighted by Gasteiger charge is -2.21. The fourth-order valence-corrected chi connectivity index (χ4v) is 2.65. The van der Waals surface area contributed by atoms with Crippen molar-refractivity contribution in [2.75, 3.05) is 52.0 Å². The first-order valence-corrected chi connectivity index (χ1v) is 6.89. The van der Waals surface area contributed by atoms with Crippen molar-refractivity contribution < 1.29 is 14.3 Å². The van der Waals surface area contributed by atoms with Crippen LogP contribution in [0.4, 0.5) is 11.4 Å². The van der Waals surface area contributed by atoms with E-state index in [9.17, 15) is 4.79 Å². The summed E-state index contributed by atoms with van der Waals surface area (Å²) in [5.74, 6) is -0.0485. The molecule has 0 aromatic heterocycles. The zero-order chi connectivity index (χ0) is 15.6. The second kappa shape index (κ2) is 6.32. The van der Waals surface area contributed by atoms with Gasteiger partial charge in [-0.1, -0.05) is 0 Å². The van der Waals surface area contributed by atoms with E-state index in [-0.39, 0.29) is 18.1 Å². The van der Waals surface area contributed by atoms with Gasteiger partial charge in [0, 0.05) is 52.8 Å². The third kappa shape index (κ3) is 3.11. The number of rotatable bonds is 4. The van der Waals surface area contributed by atoms with Crippen molar-refractivity contribution in [2.24, 2.45) is 0 Å². The quantitative estimate of drug-likeness (QED) is 0.833. The number of carbonyl (C=O) groups is 1. The predicted molar refractivity (Wildman–Crippen MR) is 82.7 cm³/mol. The van der Waals surface area contributed by atoms with Gasteiger partial charge in [-0.25, -0.2) is 0 Å². The second-order valence-corrected chi connectivity index (χ2v) is 5.43. The van der Waals surface area contributed by atoms with E-state index in [0.29, 0.717) is 24.3 Å². The Morgan fingerprint density at radius 3 is 2.29 bits per heavy atom. The lowest BCUT2D eigenvalue weighted by molar-refractivity contribution is -0.00461. The SMILES string of the molecule is COC1CN(C(=O)c2cc(N)ccc2N(C)C)CC1OC. The topological polar surface area (TPSA) is 68.0 Å². The molecule has 21 heavy (non-hydrogen) atoms. The summed E-state index contributed by atoms with van der Waals surface area (Å²) in [6.07, 6.45) is -0.189. The number of benzene rings is 1. The number of amides is 1. The van der Waals surface area contributed by atoms with Crippen LogP contribution in [-0.4, -0.2) is 64.4 Å². The van der Waals surface area contributed by atoms with Gasteiger partial charge < -0.3 is 25.0 Å². The van der Waals surface area contributed by atoms with Crippen molar-refractivity contribution in [3.05, 3.63) is 23.8 Å². The van der Waals surface area contributed by atoms with Crippen LogP contribution in [0.5, 0.6) is 0 Å². The molecule has 1 saturated heterocycles. The fourth-order valence-electron chi connectivity index (χ4n) is 2.65. The van der Waals surface area contributed by atoms with Crippen LogP contribution in [0.3, 0.4) is 0 Å². The summed E-state index contributed by atoms with van der Waals surface area (Å²) in [6, 6.07) is 5.38. The number of methoxy groups -OCH3 is 2. The average molecular weight is 293 g/mol. The van der Waals surface area contributed by atoms with Gasteiger partial charge in [0.05, 0.1) is 5.56 Å². The Labute approximate surface area is 125 Å². The van der Waals surface area contributed by atoms with E-state index in [1.807, 2.05) is 25.1 Å². The molecule has 2 atom stereocenters. The summed E-state index contributed by atoms with van der Waals surface area (Å²) in [4.78, 5) is 16.4. The third-order valence-electron chi connectivity index (χ3n) is 3.84. The largest absolute Gasteiger partial charge is 0.399 e. The van der Waals surface area contributed by atoms with E-state index < -0.39 is 0 Å². The van der Waals surface area contributed by atoms with Crippen molar-refractivity contribution in [1.82, 2.24) is 4.90 Å². The minimum atomic E-state index is -0.0946. The Bertz CT molecular complexity index is 507. The first kappa shape index (κ1) is 15.6.